The average molecular weight is 176 g/mol. The summed E-state index contributed by atoms with van der Waals surface area (Å²) in [6, 6.07) is 3.00. The highest BCUT2D eigenvalue weighted by molar-refractivity contribution is 5.22. The van der Waals surface area contributed by atoms with Crippen LogP contribution in [0.15, 0.2) is 12.3 Å². The topological polar surface area (TPSA) is 24.9 Å². The zero-order valence-electron chi connectivity index (χ0n) is 8.30. The van der Waals surface area contributed by atoms with Gasteiger partial charge in [0, 0.05) is 24.5 Å². The third kappa shape index (κ3) is 2.28. The average Bonchev–Trinajstić information content (AvgIpc) is 2.91. The van der Waals surface area contributed by atoms with Crippen LogP contribution in [0.1, 0.15) is 29.7 Å². The summed E-state index contributed by atoms with van der Waals surface area (Å²) in [6.45, 7) is 5.13. The molecule has 0 amide bonds. The highest BCUT2D eigenvalue weighted by atomic mass is 14.9. The predicted octanol–water partition coefficient (Wildman–Crippen LogP) is 1.95. The Morgan fingerprint density at radius 1 is 1.46 bits per heavy atom. The summed E-state index contributed by atoms with van der Waals surface area (Å²) >= 11 is 0. The molecule has 0 aliphatic heterocycles. The number of aromatic nitrogens is 1. The van der Waals surface area contributed by atoms with Crippen molar-refractivity contribution in [2.45, 2.75) is 39.3 Å². The fourth-order valence-corrected chi connectivity index (χ4v) is 1.35. The van der Waals surface area contributed by atoms with E-state index in [4.69, 9.17) is 0 Å². The lowest BCUT2D eigenvalue weighted by Crippen LogP contribution is -2.15. The van der Waals surface area contributed by atoms with Gasteiger partial charge in [0.05, 0.1) is 0 Å². The molecular weight excluding hydrogens is 160 g/mol. The lowest BCUT2D eigenvalue weighted by molar-refractivity contribution is 0.685. The van der Waals surface area contributed by atoms with Crippen LogP contribution in [0.3, 0.4) is 0 Å². The van der Waals surface area contributed by atoms with Gasteiger partial charge in [0.2, 0.25) is 0 Å². The number of rotatable bonds is 3. The van der Waals surface area contributed by atoms with E-state index in [9.17, 15) is 0 Å². The minimum atomic E-state index is 0.779. The number of hydrogen-bond donors (Lipinski definition) is 1. The van der Waals surface area contributed by atoms with Gasteiger partial charge in [-0.3, -0.25) is 4.98 Å². The molecule has 2 rings (SSSR count). The molecular formula is C11H16N2. The fraction of sp³-hybridized carbons (Fsp3) is 0.545. The van der Waals surface area contributed by atoms with Crippen LogP contribution >= 0.6 is 0 Å². The van der Waals surface area contributed by atoms with Crippen molar-refractivity contribution in [1.82, 2.24) is 10.3 Å². The van der Waals surface area contributed by atoms with Gasteiger partial charge in [0.25, 0.3) is 0 Å². The lowest BCUT2D eigenvalue weighted by atomic mass is 10.1. The Hall–Kier alpha value is -0.890. The van der Waals surface area contributed by atoms with E-state index in [0.29, 0.717) is 0 Å². The summed E-state index contributed by atoms with van der Waals surface area (Å²) < 4.78 is 0. The van der Waals surface area contributed by atoms with Crippen LogP contribution < -0.4 is 5.32 Å². The van der Waals surface area contributed by atoms with E-state index in [1.165, 1.54) is 24.0 Å². The smallest absolute Gasteiger partial charge is 0.0402 e. The van der Waals surface area contributed by atoms with Crippen LogP contribution in [-0.2, 0) is 6.54 Å². The molecule has 2 heteroatoms. The maximum absolute atomic E-state index is 4.34. The molecule has 1 aromatic heterocycles. The zero-order valence-corrected chi connectivity index (χ0v) is 8.30. The summed E-state index contributed by atoms with van der Waals surface area (Å²) in [6.07, 6.45) is 4.66. The standard InChI is InChI=1S/C11H16N2/c1-8-5-10(6-12-9(8)2)7-13-11-3-4-11/h5-6,11,13H,3-4,7H2,1-2H3. The van der Waals surface area contributed by atoms with Gasteiger partial charge in [-0.1, -0.05) is 6.07 Å². The molecule has 2 nitrogen and oxygen atoms in total. The van der Waals surface area contributed by atoms with Gasteiger partial charge in [0.15, 0.2) is 0 Å². The van der Waals surface area contributed by atoms with E-state index in [2.05, 4.69) is 23.3 Å². The Labute approximate surface area is 79.4 Å². The summed E-state index contributed by atoms with van der Waals surface area (Å²) in [5, 5.41) is 3.48. The van der Waals surface area contributed by atoms with Gasteiger partial charge in [0.1, 0.15) is 0 Å². The van der Waals surface area contributed by atoms with Crippen molar-refractivity contribution in [3.63, 3.8) is 0 Å². The van der Waals surface area contributed by atoms with Crippen molar-refractivity contribution in [2.75, 3.05) is 0 Å². The molecule has 1 aliphatic carbocycles. The van der Waals surface area contributed by atoms with E-state index in [1.807, 2.05) is 13.1 Å². The quantitative estimate of drug-likeness (QED) is 0.761. The number of nitrogens with one attached hydrogen (secondary N) is 1. The largest absolute Gasteiger partial charge is 0.310 e. The Morgan fingerprint density at radius 2 is 2.23 bits per heavy atom. The van der Waals surface area contributed by atoms with Crippen LogP contribution in [0, 0.1) is 13.8 Å². The maximum atomic E-state index is 4.34. The summed E-state index contributed by atoms with van der Waals surface area (Å²) in [7, 11) is 0. The Kier molecular flexibility index (Phi) is 2.32. The molecule has 0 saturated heterocycles. The number of pyridine rings is 1. The number of nitrogens with zero attached hydrogens (tertiary/aromatic N) is 1. The Balaban J connectivity index is 1.98. The summed E-state index contributed by atoms with van der Waals surface area (Å²) in [5.74, 6) is 0. The Bertz CT molecular complexity index is 303. The maximum Gasteiger partial charge on any atom is 0.0402 e. The van der Waals surface area contributed by atoms with Crippen LogP contribution in [-0.4, -0.2) is 11.0 Å². The highest BCUT2D eigenvalue weighted by Gasteiger charge is 2.19. The second kappa shape index (κ2) is 3.46. The van der Waals surface area contributed by atoms with Gasteiger partial charge in [-0.25, -0.2) is 0 Å². The highest BCUT2D eigenvalue weighted by Crippen LogP contribution is 2.19. The molecule has 70 valence electrons. The summed E-state index contributed by atoms with van der Waals surface area (Å²) in [4.78, 5) is 4.34. The molecule has 1 heterocycles. The van der Waals surface area contributed by atoms with Gasteiger partial charge in [-0.15, -0.1) is 0 Å². The first-order chi connectivity index (χ1) is 6.25. The Morgan fingerprint density at radius 3 is 2.85 bits per heavy atom. The molecule has 1 aliphatic rings. The number of hydrogen-bond acceptors (Lipinski definition) is 2. The minimum Gasteiger partial charge on any atom is -0.310 e. The second-order valence-electron chi connectivity index (χ2n) is 3.90. The summed E-state index contributed by atoms with van der Waals surface area (Å²) in [5.41, 5.74) is 3.72. The lowest BCUT2D eigenvalue weighted by Gasteiger charge is -2.05. The molecule has 0 atom stereocenters. The molecule has 0 spiro atoms. The van der Waals surface area contributed by atoms with Crippen molar-refractivity contribution in [3.8, 4) is 0 Å². The van der Waals surface area contributed by atoms with Gasteiger partial charge < -0.3 is 5.32 Å². The molecule has 13 heavy (non-hydrogen) atoms. The number of aryl methyl sites for hydroxylation is 2. The third-order valence-electron chi connectivity index (χ3n) is 2.57. The third-order valence-corrected chi connectivity index (χ3v) is 2.57. The second-order valence-corrected chi connectivity index (χ2v) is 3.90. The molecule has 1 N–H and O–H groups in total. The molecule has 0 radical (unpaired) electrons. The van der Waals surface area contributed by atoms with E-state index in [0.717, 1.165) is 18.3 Å². The van der Waals surface area contributed by atoms with E-state index in [1.54, 1.807) is 0 Å². The van der Waals surface area contributed by atoms with Crippen molar-refractivity contribution in [3.05, 3.63) is 29.1 Å². The van der Waals surface area contributed by atoms with Crippen LogP contribution in [0.5, 0.6) is 0 Å². The fourth-order valence-electron chi connectivity index (χ4n) is 1.35. The van der Waals surface area contributed by atoms with Crippen LogP contribution in [0.2, 0.25) is 0 Å². The SMILES string of the molecule is Cc1cc(CNC2CC2)cnc1C. The first-order valence-electron chi connectivity index (χ1n) is 4.91. The van der Waals surface area contributed by atoms with Crippen molar-refractivity contribution in [2.24, 2.45) is 0 Å². The van der Waals surface area contributed by atoms with Gasteiger partial charge in [-0.2, -0.15) is 0 Å². The predicted molar refractivity (Wildman–Crippen MR) is 53.6 cm³/mol. The van der Waals surface area contributed by atoms with E-state index in [-0.39, 0.29) is 0 Å². The van der Waals surface area contributed by atoms with E-state index >= 15 is 0 Å². The molecule has 0 unspecified atom stereocenters. The van der Waals surface area contributed by atoms with Gasteiger partial charge >= 0.3 is 0 Å². The van der Waals surface area contributed by atoms with Crippen molar-refractivity contribution >= 4 is 0 Å². The monoisotopic (exact) mass is 176 g/mol. The molecule has 0 aromatic carbocycles. The molecule has 0 bridgehead atoms. The first-order valence-corrected chi connectivity index (χ1v) is 4.91. The van der Waals surface area contributed by atoms with Gasteiger partial charge in [-0.05, 0) is 37.8 Å². The minimum absolute atomic E-state index is 0.779. The van der Waals surface area contributed by atoms with Crippen molar-refractivity contribution < 1.29 is 0 Å². The first kappa shape index (κ1) is 8.70. The van der Waals surface area contributed by atoms with Crippen molar-refractivity contribution in [1.29, 1.82) is 0 Å². The normalized spacial score (nSPS) is 16.2. The molecule has 1 fully saturated rings. The van der Waals surface area contributed by atoms with Crippen LogP contribution in [0.4, 0.5) is 0 Å². The molecule has 1 saturated carbocycles. The molecule has 1 aromatic rings. The van der Waals surface area contributed by atoms with Crippen LogP contribution in [0.25, 0.3) is 0 Å². The zero-order chi connectivity index (χ0) is 9.26. The van der Waals surface area contributed by atoms with E-state index < -0.39 is 0 Å².